The van der Waals surface area contributed by atoms with Crippen molar-refractivity contribution in [2.45, 2.75) is 26.8 Å². The lowest BCUT2D eigenvalue weighted by molar-refractivity contribution is 0.0935. The van der Waals surface area contributed by atoms with Crippen molar-refractivity contribution in [3.63, 3.8) is 0 Å². The maximum absolute atomic E-state index is 12.7. The Bertz CT molecular complexity index is 1090. The van der Waals surface area contributed by atoms with E-state index in [9.17, 15) is 4.79 Å². The van der Waals surface area contributed by atoms with E-state index in [1.807, 2.05) is 48.0 Å². The molecule has 2 aromatic heterocycles. The Morgan fingerprint density at radius 2 is 1.93 bits per heavy atom. The molecular formula is C22H22N4O. The number of aryl methyl sites for hydroxylation is 2. The minimum Gasteiger partial charge on any atom is -0.351 e. The number of nitrogens with zero attached hydrogens (tertiary/aromatic N) is 2. The molecule has 4 rings (SSSR count). The second-order valence-electron chi connectivity index (χ2n) is 6.98. The lowest BCUT2D eigenvalue weighted by Crippen LogP contribution is -2.26. The van der Waals surface area contributed by atoms with Gasteiger partial charge in [-0.25, -0.2) is 4.98 Å². The van der Waals surface area contributed by atoms with Crippen molar-refractivity contribution in [3.8, 4) is 5.69 Å². The van der Waals surface area contributed by atoms with Gasteiger partial charge in [0.25, 0.3) is 5.91 Å². The summed E-state index contributed by atoms with van der Waals surface area (Å²) in [5.41, 5.74) is 6.02. The second kappa shape index (κ2) is 6.76. The summed E-state index contributed by atoms with van der Waals surface area (Å²) < 4.78 is 1.95. The standard InChI is InChI=1S/C22H22N4O/c1-14-10-15(2)19-12-21(25-20(19)11-14)22(27)24-16(3)17-4-6-18(7-5-17)26-9-8-23-13-26/h4-13,16,25H,1-3H3,(H,24,27)/t16-/m1/s1. The highest BCUT2D eigenvalue weighted by atomic mass is 16.1. The van der Waals surface area contributed by atoms with Crippen LogP contribution in [0.4, 0.5) is 0 Å². The first kappa shape index (κ1) is 17.1. The number of aromatic nitrogens is 3. The molecule has 0 aliphatic carbocycles. The predicted octanol–water partition coefficient (Wildman–Crippen LogP) is 4.46. The van der Waals surface area contributed by atoms with Gasteiger partial charge in [-0.15, -0.1) is 0 Å². The fourth-order valence-corrected chi connectivity index (χ4v) is 3.43. The van der Waals surface area contributed by atoms with Gasteiger partial charge in [-0.2, -0.15) is 0 Å². The Balaban J connectivity index is 1.51. The molecule has 0 bridgehead atoms. The van der Waals surface area contributed by atoms with E-state index in [4.69, 9.17) is 0 Å². The highest BCUT2D eigenvalue weighted by Gasteiger charge is 2.14. The molecule has 4 aromatic rings. The molecule has 2 N–H and O–H groups in total. The third-order valence-electron chi connectivity index (χ3n) is 4.88. The van der Waals surface area contributed by atoms with E-state index in [2.05, 4.69) is 41.3 Å². The summed E-state index contributed by atoms with van der Waals surface area (Å²) in [7, 11) is 0. The van der Waals surface area contributed by atoms with Gasteiger partial charge >= 0.3 is 0 Å². The summed E-state index contributed by atoms with van der Waals surface area (Å²) >= 11 is 0. The monoisotopic (exact) mass is 358 g/mol. The summed E-state index contributed by atoms with van der Waals surface area (Å²) in [6, 6.07) is 14.1. The Kier molecular flexibility index (Phi) is 4.28. The van der Waals surface area contributed by atoms with E-state index >= 15 is 0 Å². The normalized spacial score (nSPS) is 12.3. The summed E-state index contributed by atoms with van der Waals surface area (Å²) in [5.74, 6) is -0.102. The fourth-order valence-electron chi connectivity index (χ4n) is 3.43. The smallest absolute Gasteiger partial charge is 0.268 e. The SMILES string of the molecule is Cc1cc(C)c2cc(C(=O)N[C@H](C)c3ccc(-n4ccnc4)cc3)[nH]c2c1. The Morgan fingerprint density at radius 1 is 1.15 bits per heavy atom. The van der Waals surface area contributed by atoms with Crippen molar-refractivity contribution in [1.29, 1.82) is 0 Å². The third kappa shape index (κ3) is 3.36. The maximum Gasteiger partial charge on any atom is 0.268 e. The molecule has 2 heterocycles. The molecule has 136 valence electrons. The lowest BCUT2D eigenvalue weighted by atomic mass is 10.1. The van der Waals surface area contributed by atoms with E-state index in [0.29, 0.717) is 5.69 Å². The van der Waals surface area contributed by atoms with E-state index in [1.165, 1.54) is 11.1 Å². The zero-order valence-corrected chi connectivity index (χ0v) is 15.7. The molecule has 0 saturated heterocycles. The predicted molar refractivity (Wildman–Crippen MR) is 107 cm³/mol. The number of carbonyl (C=O) groups excluding carboxylic acids is 1. The molecule has 1 atom stereocenters. The Hall–Kier alpha value is -3.34. The van der Waals surface area contributed by atoms with Gasteiger partial charge in [-0.05, 0) is 61.7 Å². The van der Waals surface area contributed by atoms with Crippen LogP contribution >= 0.6 is 0 Å². The van der Waals surface area contributed by atoms with E-state index in [0.717, 1.165) is 22.2 Å². The van der Waals surface area contributed by atoms with E-state index in [1.54, 1.807) is 12.5 Å². The molecular weight excluding hydrogens is 336 g/mol. The number of hydrogen-bond donors (Lipinski definition) is 2. The van der Waals surface area contributed by atoms with Crippen LogP contribution in [-0.4, -0.2) is 20.4 Å². The highest BCUT2D eigenvalue weighted by molar-refractivity contribution is 5.99. The molecule has 0 unspecified atom stereocenters. The van der Waals surface area contributed by atoms with Crippen LogP contribution in [0.1, 0.15) is 40.1 Å². The first-order valence-corrected chi connectivity index (χ1v) is 9.00. The quantitative estimate of drug-likeness (QED) is 0.566. The molecule has 5 nitrogen and oxygen atoms in total. The van der Waals surface area contributed by atoms with Crippen molar-refractivity contribution in [1.82, 2.24) is 19.9 Å². The number of hydrogen-bond acceptors (Lipinski definition) is 2. The van der Waals surface area contributed by atoms with Gasteiger partial charge < -0.3 is 14.9 Å². The number of imidazole rings is 1. The Morgan fingerprint density at radius 3 is 2.63 bits per heavy atom. The van der Waals surface area contributed by atoms with Gasteiger partial charge in [-0.3, -0.25) is 4.79 Å². The summed E-state index contributed by atoms with van der Waals surface area (Å²) in [4.78, 5) is 20.0. The van der Waals surface area contributed by atoms with Gasteiger partial charge in [-0.1, -0.05) is 18.2 Å². The average molecular weight is 358 g/mol. The highest BCUT2D eigenvalue weighted by Crippen LogP contribution is 2.22. The molecule has 0 fully saturated rings. The van der Waals surface area contributed by atoms with Crippen LogP contribution in [-0.2, 0) is 0 Å². The van der Waals surface area contributed by atoms with Crippen molar-refractivity contribution < 1.29 is 4.79 Å². The van der Waals surface area contributed by atoms with Gasteiger partial charge in [0.05, 0.1) is 12.4 Å². The van der Waals surface area contributed by atoms with Crippen molar-refractivity contribution >= 4 is 16.8 Å². The van der Waals surface area contributed by atoms with Crippen LogP contribution in [0.2, 0.25) is 0 Å². The topological polar surface area (TPSA) is 62.7 Å². The molecule has 1 amide bonds. The number of aromatic amines is 1. The van der Waals surface area contributed by atoms with Crippen LogP contribution in [0.5, 0.6) is 0 Å². The van der Waals surface area contributed by atoms with Crippen LogP contribution < -0.4 is 5.32 Å². The second-order valence-corrected chi connectivity index (χ2v) is 6.98. The summed E-state index contributed by atoms with van der Waals surface area (Å²) in [6.07, 6.45) is 5.42. The number of nitrogens with one attached hydrogen (secondary N) is 2. The Labute approximate surface area is 158 Å². The first-order chi connectivity index (χ1) is 13.0. The average Bonchev–Trinajstić information content (AvgIpc) is 3.31. The minimum absolute atomic E-state index is 0.0939. The number of fused-ring (bicyclic) bond motifs is 1. The largest absolute Gasteiger partial charge is 0.351 e. The minimum atomic E-state index is -0.102. The summed E-state index contributed by atoms with van der Waals surface area (Å²) in [5, 5.41) is 4.16. The van der Waals surface area contributed by atoms with Gasteiger partial charge in [0.1, 0.15) is 5.69 Å². The molecule has 0 spiro atoms. The van der Waals surface area contributed by atoms with Crippen molar-refractivity contribution in [3.05, 3.63) is 83.6 Å². The lowest BCUT2D eigenvalue weighted by Gasteiger charge is -2.14. The number of carbonyl (C=O) groups is 1. The number of benzene rings is 2. The zero-order chi connectivity index (χ0) is 19.0. The molecule has 27 heavy (non-hydrogen) atoms. The molecule has 0 radical (unpaired) electrons. The number of rotatable bonds is 4. The molecule has 0 aliphatic heterocycles. The molecule has 5 heteroatoms. The van der Waals surface area contributed by atoms with E-state index in [-0.39, 0.29) is 11.9 Å². The number of amides is 1. The van der Waals surface area contributed by atoms with Gasteiger partial charge in [0, 0.05) is 29.0 Å². The zero-order valence-electron chi connectivity index (χ0n) is 15.7. The van der Waals surface area contributed by atoms with Crippen molar-refractivity contribution in [2.24, 2.45) is 0 Å². The molecule has 0 saturated carbocycles. The van der Waals surface area contributed by atoms with Crippen LogP contribution in [0.15, 0.2) is 61.2 Å². The van der Waals surface area contributed by atoms with Crippen LogP contribution in [0.3, 0.4) is 0 Å². The molecule has 2 aromatic carbocycles. The van der Waals surface area contributed by atoms with Crippen LogP contribution in [0, 0.1) is 13.8 Å². The number of H-pyrrole nitrogens is 1. The fraction of sp³-hybridized carbons (Fsp3) is 0.182. The third-order valence-corrected chi connectivity index (χ3v) is 4.88. The summed E-state index contributed by atoms with van der Waals surface area (Å²) in [6.45, 7) is 6.11. The van der Waals surface area contributed by atoms with Gasteiger partial charge in [0.2, 0.25) is 0 Å². The van der Waals surface area contributed by atoms with Crippen molar-refractivity contribution in [2.75, 3.05) is 0 Å². The molecule has 0 aliphatic rings. The maximum atomic E-state index is 12.7. The van der Waals surface area contributed by atoms with Crippen LogP contribution in [0.25, 0.3) is 16.6 Å². The van der Waals surface area contributed by atoms with Gasteiger partial charge in [0.15, 0.2) is 0 Å². The van der Waals surface area contributed by atoms with E-state index < -0.39 is 0 Å². The first-order valence-electron chi connectivity index (χ1n) is 9.00.